The first-order chi connectivity index (χ1) is 29.3. The predicted molar refractivity (Wildman–Crippen MR) is 258 cm³/mol. The number of rotatable bonds is 6. The molecule has 0 amide bonds. The van der Waals surface area contributed by atoms with Crippen molar-refractivity contribution in [1.29, 1.82) is 0 Å². The molecule has 273 valence electrons. The Morgan fingerprint density at radius 3 is 1.39 bits per heavy atom. The third-order valence-corrected chi connectivity index (χ3v) is 20.9. The first kappa shape index (κ1) is 34.4. The molecule has 3 aliphatic rings. The molecule has 0 bridgehead atoms. The lowest BCUT2D eigenvalue weighted by Gasteiger charge is -2.50. The summed E-state index contributed by atoms with van der Waals surface area (Å²) >= 11 is 0. The van der Waals surface area contributed by atoms with Crippen LogP contribution in [0.3, 0.4) is 0 Å². The molecule has 3 aliphatic heterocycles. The summed E-state index contributed by atoms with van der Waals surface area (Å²) in [7, 11) is -4.20. The van der Waals surface area contributed by atoms with Gasteiger partial charge in [-0.15, -0.1) is 0 Å². The van der Waals surface area contributed by atoms with E-state index < -0.39 is 16.9 Å². The van der Waals surface area contributed by atoms with Crippen LogP contribution in [0.5, 0.6) is 0 Å². The summed E-state index contributed by atoms with van der Waals surface area (Å²) in [6.45, 7) is 0.144. The van der Waals surface area contributed by atoms with Gasteiger partial charge in [-0.1, -0.05) is 245 Å². The molecule has 12 rings (SSSR count). The van der Waals surface area contributed by atoms with Crippen molar-refractivity contribution >= 4 is 116 Å². The largest absolute Gasteiger partial charge is 0.313 e. The van der Waals surface area contributed by atoms with Crippen LogP contribution in [-0.4, -0.2) is 30.3 Å². The van der Waals surface area contributed by atoms with E-state index in [9.17, 15) is 0 Å². The second-order valence-electron chi connectivity index (χ2n) is 16.0. The molecule has 0 atom stereocenters. The van der Waals surface area contributed by atoms with E-state index in [2.05, 4.69) is 235 Å². The van der Waals surface area contributed by atoms with E-state index >= 15 is 0 Å². The number of hydrogen-bond donors (Lipinski definition) is 0. The Bertz CT molecular complexity index is 2950. The standard InChI is InChI=1S/C54H38B2NSi2/c1-5-21-39(22-6-1)58(40-23-7-2-8-24-40)50-35-19-15-31-45(50)55-43-29-13-17-33-48(43)57-49-34-18-14-30-44(49)56-46-32-16-20-36-51(46)59(41-25-9-3-10-26-41,42-27-11-4-12-28-42)52-38-37-47(55)54(57)53(52)56/h1-38H. The SMILES string of the molecule is c1ccc([Si](c2ccccc2)c2ccccc2B2c3ccccc3N3c4ccccc4B4c5ccccc5[Si](c5ccccc5)(c5ccccc5)c5ccc2c3c54)cc1. The van der Waals surface area contributed by atoms with Gasteiger partial charge < -0.3 is 4.90 Å². The smallest absolute Gasteiger partial charge is 0.246 e. The minimum atomic E-state index is -2.83. The maximum atomic E-state index is 2.65. The van der Waals surface area contributed by atoms with Crippen LogP contribution in [-0.2, 0) is 0 Å². The number of nitrogens with zero attached hydrogens (tertiary/aromatic N) is 1. The molecular weight excluding hydrogens is 740 g/mol. The summed E-state index contributed by atoms with van der Waals surface area (Å²) in [4.78, 5) is 2.65. The lowest BCUT2D eigenvalue weighted by Crippen LogP contribution is -2.88. The van der Waals surface area contributed by atoms with Gasteiger partial charge >= 0.3 is 0 Å². The minimum absolute atomic E-state index is 0.0407. The van der Waals surface area contributed by atoms with E-state index in [1.807, 2.05) is 0 Å². The number of anilines is 3. The van der Waals surface area contributed by atoms with Gasteiger partial charge in [0.05, 0.1) is 0 Å². The summed E-state index contributed by atoms with van der Waals surface area (Å²) < 4.78 is 0. The molecule has 0 fully saturated rings. The summed E-state index contributed by atoms with van der Waals surface area (Å²) in [6.07, 6.45) is 0. The van der Waals surface area contributed by atoms with Crippen LogP contribution in [0.2, 0.25) is 0 Å². The van der Waals surface area contributed by atoms with Crippen molar-refractivity contribution in [2.24, 2.45) is 0 Å². The van der Waals surface area contributed by atoms with E-state index in [0.29, 0.717) is 0 Å². The molecule has 1 nitrogen and oxygen atoms in total. The van der Waals surface area contributed by atoms with Crippen molar-refractivity contribution in [1.82, 2.24) is 0 Å². The monoisotopic (exact) mass is 778 g/mol. The molecule has 0 unspecified atom stereocenters. The second kappa shape index (κ2) is 13.7. The minimum Gasteiger partial charge on any atom is -0.313 e. The molecule has 5 heteroatoms. The summed E-state index contributed by atoms with van der Waals surface area (Å²) in [5.41, 5.74) is 12.4. The van der Waals surface area contributed by atoms with Crippen LogP contribution in [0.15, 0.2) is 231 Å². The Labute approximate surface area is 350 Å². The summed E-state index contributed by atoms with van der Waals surface area (Å²) in [5, 5.41) is 10.1. The first-order valence-electron chi connectivity index (χ1n) is 20.8. The predicted octanol–water partition coefficient (Wildman–Crippen LogP) is 3.02. The van der Waals surface area contributed by atoms with Gasteiger partial charge in [0.25, 0.3) is 0 Å². The van der Waals surface area contributed by atoms with E-state index in [1.165, 1.54) is 86.1 Å². The van der Waals surface area contributed by atoms with Crippen LogP contribution >= 0.6 is 0 Å². The van der Waals surface area contributed by atoms with Crippen molar-refractivity contribution in [3.8, 4) is 0 Å². The summed E-state index contributed by atoms with van der Waals surface area (Å²) in [5.74, 6) is 0. The molecule has 1 radical (unpaired) electrons. The lowest BCUT2D eigenvalue weighted by atomic mass is 9.30. The quantitative estimate of drug-likeness (QED) is 0.186. The molecule has 0 N–H and O–H groups in total. The fourth-order valence-electron chi connectivity index (χ4n) is 11.0. The number of benzene rings is 9. The van der Waals surface area contributed by atoms with Crippen molar-refractivity contribution in [2.45, 2.75) is 0 Å². The number of fused-ring (bicyclic) bond motifs is 7. The Morgan fingerprint density at radius 1 is 0.339 bits per heavy atom. The zero-order valence-electron chi connectivity index (χ0n) is 32.5. The third kappa shape index (κ3) is 4.99. The molecule has 9 aromatic rings. The highest BCUT2D eigenvalue weighted by Crippen LogP contribution is 2.37. The molecule has 59 heavy (non-hydrogen) atoms. The van der Waals surface area contributed by atoms with Crippen LogP contribution in [0.25, 0.3) is 0 Å². The Kier molecular flexibility index (Phi) is 8.00. The van der Waals surface area contributed by atoms with Gasteiger partial charge in [0, 0.05) is 17.1 Å². The van der Waals surface area contributed by atoms with Crippen LogP contribution < -0.4 is 74.0 Å². The highest BCUT2D eigenvalue weighted by molar-refractivity contribution is 7.27. The van der Waals surface area contributed by atoms with Gasteiger partial charge in [0.2, 0.25) is 13.4 Å². The van der Waals surface area contributed by atoms with Crippen LogP contribution in [0.4, 0.5) is 17.1 Å². The molecule has 0 spiro atoms. The topological polar surface area (TPSA) is 3.24 Å². The zero-order chi connectivity index (χ0) is 38.9. The first-order valence-corrected chi connectivity index (χ1v) is 24.3. The summed E-state index contributed by atoms with van der Waals surface area (Å²) in [6, 6.07) is 87.9. The normalized spacial score (nSPS) is 13.9. The highest BCUT2D eigenvalue weighted by atomic mass is 28.3. The fraction of sp³-hybridized carbons (Fsp3) is 0. The maximum Gasteiger partial charge on any atom is 0.246 e. The van der Waals surface area contributed by atoms with Crippen molar-refractivity contribution < 1.29 is 0 Å². The van der Waals surface area contributed by atoms with Gasteiger partial charge in [-0.05, 0) is 54.7 Å². The molecule has 9 aromatic carbocycles. The van der Waals surface area contributed by atoms with Crippen molar-refractivity contribution in [3.05, 3.63) is 231 Å². The zero-order valence-corrected chi connectivity index (χ0v) is 34.5. The van der Waals surface area contributed by atoms with Gasteiger partial charge in [-0.25, -0.2) is 0 Å². The fourth-order valence-corrected chi connectivity index (χ4v) is 19.1. The van der Waals surface area contributed by atoms with Gasteiger partial charge in [0.15, 0.2) is 16.9 Å². The van der Waals surface area contributed by atoms with E-state index in [4.69, 9.17) is 0 Å². The highest BCUT2D eigenvalue weighted by Gasteiger charge is 2.54. The van der Waals surface area contributed by atoms with Crippen LogP contribution in [0, 0.1) is 0 Å². The molecular formula is C54H38B2NSi2. The van der Waals surface area contributed by atoms with E-state index in [0.717, 1.165) is 0 Å². The molecule has 0 saturated heterocycles. The Balaban J connectivity index is 1.21. The van der Waals surface area contributed by atoms with Gasteiger partial charge in [-0.3, -0.25) is 0 Å². The molecule has 0 saturated carbocycles. The number of para-hydroxylation sites is 2. The van der Waals surface area contributed by atoms with Gasteiger partial charge in [0.1, 0.15) is 0 Å². The molecule has 3 heterocycles. The van der Waals surface area contributed by atoms with E-state index in [1.54, 1.807) is 0 Å². The van der Waals surface area contributed by atoms with Crippen molar-refractivity contribution in [2.75, 3.05) is 4.90 Å². The number of hydrogen-bond acceptors (Lipinski definition) is 1. The average molecular weight is 779 g/mol. The Hall–Kier alpha value is -6.66. The average Bonchev–Trinajstić information content (AvgIpc) is 3.32. The van der Waals surface area contributed by atoms with Gasteiger partial charge in [-0.2, -0.15) is 0 Å². The molecule has 0 aliphatic carbocycles. The Morgan fingerprint density at radius 2 is 0.797 bits per heavy atom. The molecule has 0 aromatic heterocycles. The van der Waals surface area contributed by atoms with Crippen molar-refractivity contribution in [3.63, 3.8) is 0 Å². The lowest BCUT2D eigenvalue weighted by molar-refractivity contribution is 1.30. The van der Waals surface area contributed by atoms with Crippen LogP contribution in [0.1, 0.15) is 0 Å². The van der Waals surface area contributed by atoms with E-state index in [-0.39, 0.29) is 13.4 Å². The maximum absolute atomic E-state index is 2.83. The third-order valence-electron chi connectivity index (χ3n) is 13.2. The second-order valence-corrected chi connectivity index (χ2v) is 22.2.